The number of nitrogens with zero attached hydrogens (tertiary/aromatic N) is 2. The monoisotopic (exact) mass is 287 g/mol. The first-order chi connectivity index (χ1) is 10.2. The third kappa shape index (κ3) is 2.54. The molecule has 0 radical (unpaired) electrons. The number of hydrogen-bond acceptors (Lipinski definition) is 4. The van der Waals surface area contributed by atoms with Crippen LogP contribution in [0.3, 0.4) is 0 Å². The Morgan fingerprint density at radius 3 is 2.62 bits per heavy atom. The van der Waals surface area contributed by atoms with Crippen LogP contribution in [-0.2, 0) is 4.74 Å². The standard InChI is InChI=1S/C15H17N3O3/c1-21-10-6-8-18(9-7-10)15(20)13-11-4-2-3-5-12(11)14(19)17-16-13/h2-5,10H,6-9H2,1H3,(H,17,19). The number of amides is 1. The lowest BCUT2D eigenvalue weighted by Gasteiger charge is -2.31. The molecule has 0 unspecified atom stereocenters. The smallest absolute Gasteiger partial charge is 0.274 e. The average Bonchev–Trinajstić information content (AvgIpc) is 2.55. The molecule has 1 aromatic carbocycles. The first kappa shape index (κ1) is 13.8. The number of piperidine rings is 1. The number of H-pyrrole nitrogens is 1. The minimum absolute atomic E-state index is 0.142. The van der Waals surface area contributed by atoms with Crippen LogP contribution in [0.5, 0.6) is 0 Å². The number of carbonyl (C=O) groups is 1. The quantitative estimate of drug-likeness (QED) is 0.899. The van der Waals surface area contributed by atoms with Gasteiger partial charge in [0.1, 0.15) is 0 Å². The second-order valence-corrected chi connectivity index (χ2v) is 5.17. The molecule has 1 saturated heterocycles. The third-order valence-corrected chi connectivity index (χ3v) is 3.96. The summed E-state index contributed by atoms with van der Waals surface area (Å²) in [5.41, 5.74) is 0.0290. The second-order valence-electron chi connectivity index (χ2n) is 5.17. The fourth-order valence-corrected chi connectivity index (χ4v) is 2.72. The Bertz CT molecular complexity index is 717. The summed E-state index contributed by atoms with van der Waals surface area (Å²) in [5.74, 6) is -0.142. The van der Waals surface area contributed by atoms with Gasteiger partial charge in [0.15, 0.2) is 5.69 Å². The summed E-state index contributed by atoms with van der Waals surface area (Å²) in [5, 5.41) is 7.45. The molecule has 1 amide bonds. The van der Waals surface area contributed by atoms with Crippen molar-refractivity contribution in [3.8, 4) is 0 Å². The number of ether oxygens (including phenoxy) is 1. The van der Waals surface area contributed by atoms with Crippen molar-refractivity contribution in [1.82, 2.24) is 15.1 Å². The van der Waals surface area contributed by atoms with E-state index in [1.54, 1.807) is 36.3 Å². The number of benzene rings is 1. The molecule has 1 fully saturated rings. The maximum Gasteiger partial charge on any atom is 0.274 e. The average molecular weight is 287 g/mol. The Labute approximate surface area is 121 Å². The highest BCUT2D eigenvalue weighted by Crippen LogP contribution is 2.18. The predicted octanol–water partition coefficient (Wildman–Crippen LogP) is 1.17. The molecular formula is C15H17N3O3. The van der Waals surface area contributed by atoms with E-state index >= 15 is 0 Å². The van der Waals surface area contributed by atoms with Crippen molar-refractivity contribution < 1.29 is 9.53 Å². The lowest BCUT2D eigenvalue weighted by atomic mass is 10.1. The highest BCUT2D eigenvalue weighted by molar-refractivity contribution is 6.04. The van der Waals surface area contributed by atoms with Gasteiger partial charge in [0, 0.05) is 25.6 Å². The molecule has 0 bridgehead atoms. The Morgan fingerprint density at radius 2 is 1.95 bits per heavy atom. The minimum atomic E-state index is -0.278. The van der Waals surface area contributed by atoms with Crippen molar-refractivity contribution in [2.45, 2.75) is 18.9 Å². The van der Waals surface area contributed by atoms with Gasteiger partial charge in [-0.1, -0.05) is 18.2 Å². The molecule has 1 aromatic heterocycles. The number of nitrogens with one attached hydrogen (secondary N) is 1. The van der Waals surface area contributed by atoms with E-state index in [1.807, 2.05) is 0 Å². The van der Waals surface area contributed by atoms with Crippen LogP contribution in [0.15, 0.2) is 29.1 Å². The highest BCUT2D eigenvalue weighted by Gasteiger charge is 2.25. The molecule has 3 rings (SSSR count). The van der Waals surface area contributed by atoms with Gasteiger partial charge in [-0.25, -0.2) is 5.10 Å². The molecule has 110 valence electrons. The molecule has 1 aliphatic heterocycles. The molecular weight excluding hydrogens is 270 g/mol. The molecule has 6 nitrogen and oxygen atoms in total. The number of rotatable bonds is 2. The summed E-state index contributed by atoms with van der Waals surface area (Å²) in [4.78, 5) is 26.1. The third-order valence-electron chi connectivity index (χ3n) is 3.96. The van der Waals surface area contributed by atoms with Crippen molar-refractivity contribution in [3.05, 3.63) is 40.3 Å². The summed E-state index contributed by atoms with van der Waals surface area (Å²) in [6, 6.07) is 7.03. The Hall–Kier alpha value is -2.21. The van der Waals surface area contributed by atoms with Crippen molar-refractivity contribution in [2.24, 2.45) is 0 Å². The van der Waals surface area contributed by atoms with Crippen LogP contribution in [0.2, 0.25) is 0 Å². The van der Waals surface area contributed by atoms with Gasteiger partial charge in [-0.15, -0.1) is 0 Å². The first-order valence-corrected chi connectivity index (χ1v) is 7.00. The lowest BCUT2D eigenvalue weighted by Crippen LogP contribution is -2.41. The van der Waals surface area contributed by atoms with Gasteiger partial charge in [0.05, 0.1) is 11.5 Å². The molecule has 0 saturated carbocycles. The first-order valence-electron chi connectivity index (χ1n) is 7.00. The minimum Gasteiger partial charge on any atom is -0.381 e. The van der Waals surface area contributed by atoms with Crippen molar-refractivity contribution in [1.29, 1.82) is 0 Å². The van der Waals surface area contributed by atoms with Gasteiger partial charge >= 0.3 is 0 Å². The molecule has 6 heteroatoms. The summed E-state index contributed by atoms with van der Waals surface area (Å²) < 4.78 is 5.31. The van der Waals surface area contributed by atoms with E-state index in [0.717, 1.165) is 12.8 Å². The van der Waals surface area contributed by atoms with Gasteiger partial charge < -0.3 is 9.64 Å². The lowest BCUT2D eigenvalue weighted by molar-refractivity contribution is 0.0348. The van der Waals surface area contributed by atoms with E-state index in [-0.39, 0.29) is 17.6 Å². The number of likely N-dealkylation sites (tertiary alicyclic amines) is 1. The van der Waals surface area contributed by atoms with Crippen LogP contribution in [0, 0.1) is 0 Å². The summed E-state index contributed by atoms with van der Waals surface area (Å²) in [6.45, 7) is 1.29. The van der Waals surface area contributed by atoms with E-state index < -0.39 is 0 Å². The normalized spacial score (nSPS) is 16.3. The zero-order valence-electron chi connectivity index (χ0n) is 11.8. The van der Waals surface area contributed by atoms with Crippen molar-refractivity contribution >= 4 is 16.7 Å². The highest BCUT2D eigenvalue weighted by atomic mass is 16.5. The van der Waals surface area contributed by atoms with E-state index in [4.69, 9.17) is 4.74 Å². The topological polar surface area (TPSA) is 75.3 Å². The SMILES string of the molecule is COC1CCN(C(=O)c2n[nH]c(=O)c3ccccc23)CC1. The molecule has 21 heavy (non-hydrogen) atoms. The van der Waals surface area contributed by atoms with Crippen LogP contribution in [0.25, 0.3) is 10.8 Å². The summed E-state index contributed by atoms with van der Waals surface area (Å²) >= 11 is 0. The fourth-order valence-electron chi connectivity index (χ4n) is 2.72. The van der Waals surface area contributed by atoms with E-state index in [9.17, 15) is 9.59 Å². The number of carbonyl (C=O) groups excluding carboxylic acids is 1. The molecule has 1 N–H and O–H groups in total. The van der Waals surface area contributed by atoms with Gasteiger partial charge in [0.25, 0.3) is 11.5 Å². The molecule has 1 aliphatic rings. The number of hydrogen-bond donors (Lipinski definition) is 1. The van der Waals surface area contributed by atoms with Crippen molar-refractivity contribution in [2.75, 3.05) is 20.2 Å². The zero-order valence-corrected chi connectivity index (χ0v) is 11.8. The summed E-state index contributed by atoms with van der Waals surface area (Å²) in [7, 11) is 1.69. The van der Waals surface area contributed by atoms with Gasteiger partial charge in [-0.05, 0) is 18.9 Å². The van der Waals surface area contributed by atoms with Gasteiger partial charge in [-0.2, -0.15) is 5.10 Å². The number of fused-ring (bicyclic) bond motifs is 1. The fraction of sp³-hybridized carbons (Fsp3) is 0.400. The molecule has 0 atom stereocenters. The maximum atomic E-state index is 12.6. The van der Waals surface area contributed by atoms with Gasteiger partial charge in [-0.3, -0.25) is 9.59 Å². The molecule has 2 heterocycles. The second kappa shape index (κ2) is 5.65. The Morgan fingerprint density at radius 1 is 1.29 bits per heavy atom. The maximum absolute atomic E-state index is 12.6. The molecule has 0 spiro atoms. The number of aromatic amines is 1. The Balaban J connectivity index is 1.92. The summed E-state index contributed by atoms with van der Waals surface area (Å²) in [6.07, 6.45) is 1.86. The van der Waals surface area contributed by atoms with E-state index in [2.05, 4.69) is 10.2 Å². The number of methoxy groups -OCH3 is 1. The molecule has 0 aliphatic carbocycles. The predicted molar refractivity (Wildman–Crippen MR) is 78.3 cm³/mol. The number of aromatic nitrogens is 2. The van der Waals surface area contributed by atoms with Crippen LogP contribution >= 0.6 is 0 Å². The zero-order chi connectivity index (χ0) is 14.8. The van der Waals surface area contributed by atoms with Crippen molar-refractivity contribution in [3.63, 3.8) is 0 Å². The van der Waals surface area contributed by atoms with Crippen LogP contribution in [-0.4, -0.2) is 47.3 Å². The molecule has 2 aromatic rings. The van der Waals surface area contributed by atoms with E-state index in [1.165, 1.54) is 0 Å². The van der Waals surface area contributed by atoms with Crippen LogP contribution < -0.4 is 5.56 Å². The van der Waals surface area contributed by atoms with E-state index in [0.29, 0.717) is 29.6 Å². The largest absolute Gasteiger partial charge is 0.381 e. The Kier molecular flexibility index (Phi) is 3.70. The van der Waals surface area contributed by atoms with Crippen LogP contribution in [0.1, 0.15) is 23.3 Å². The van der Waals surface area contributed by atoms with Gasteiger partial charge in [0.2, 0.25) is 0 Å². The van der Waals surface area contributed by atoms with Crippen LogP contribution in [0.4, 0.5) is 0 Å².